The van der Waals surface area contributed by atoms with Crippen LogP contribution in [0.5, 0.6) is 17.2 Å². The van der Waals surface area contributed by atoms with Crippen LogP contribution in [0.25, 0.3) is 11.3 Å². The maximum absolute atomic E-state index is 15.1. The lowest BCUT2D eigenvalue weighted by molar-refractivity contribution is 0.0744. The van der Waals surface area contributed by atoms with E-state index in [4.69, 9.17) is 21.1 Å². The fraction of sp³-hybridized carbons (Fsp3) is 0.185. The van der Waals surface area contributed by atoms with Crippen molar-refractivity contribution in [1.82, 2.24) is 15.1 Å². The number of carbonyl (C=O) groups excluding carboxylic acids is 1. The molecule has 36 heavy (non-hydrogen) atoms. The van der Waals surface area contributed by atoms with Crippen LogP contribution in [0.4, 0.5) is 4.39 Å². The molecule has 5 rings (SSSR count). The molecule has 0 radical (unpaired) electrons. The van der Waals surface area contributed by atoms with Gasteiger partial charge >= 0.3 is 0 Å². The summed E-state index contributed by atoms with van der Waals surface area (Å²) in [7, 11) is 3.13. The van der Waals surface area contributed by atoms with Gasteiger partial charge in [0.25, 0.3) is 5.91 Å². The van der Waals surface area contributed by atoms with E-state index in [2.05, 4.69) is 10.2 Å². The summed E-state index contributed by atoms with van der Waals surface area (Å²) in [5.41, 5.74) is 2.71. The van der Waals surface area contributed by atoms with E-state index in [1.54, 1.807) is 55.5 Å². The SMILES string of the molecule is COc1ccc(CCN2C(=O)c3[nH]nc(-c4cc(Cl)ccc4O)c3C2c2ccccc2F)cc1OC. The molecule has 0 saturated heterocycles. The summed E-state index contributed by atoms with van der Waals surface area (Å²) >= 11 is 6.18. The lowest BCUT2D eigenvalue weighted by Crippen LogP contribution is -2.32. The van der Waals surface area contributed by atoms with Gasteiger partial charge in [-0.3, -0.25) is 9.89 Å². The third-order valence-corrected chi connectivity index (χ3v) is 6.60. The van der Waals surface area contributed by atoms with Gasteiger partial charge in [-0.05, 0) is 48.4 Å². The van der Waals surface area contributed by atoms with Gasteiger partial charge in [0, 0.05) is 28.3 Å². The molecule has 7 nitrogen and oxygen atoms in total. The summed E-state index contributed by atoms with van der Waals surface area (Å²) in [5.74, 6) is 0.397. The van der Waals surface area contributed by atoms with Crippen LogP contribution in [0.15, 0.2) is 60.7 Å². The molecular weight excluding hydrogens is 485 g/mol. The van der Waals surface area contributed by atoms with E-state index in [-0.39, 0.29) is 17.4 Å². The number of nitrogens with zero attached hydrogens (tertiary/aromatic N) is 2. The Morgan fingerprint density at radius 1 is 1.08 bits per heavy atom. The van der Waals surface area contributed by atoms with Gasteiger partial charge in [-0.1, -0.05) is 35.9 Å². The van der Waals surface area contributed by atoms with Crippen molar-refractivity contribution >= 4 is 17.5 Å². The van der Waals surface area contributed by atoms with Crippen molar-refractivity contribution in [2.75, 3.05) is 20.8 Å². The van der Waals surface area contributed by atoms with E-state index < -0.39 is 11.9 Å². The quantitative estimate of drug-likeness (QED) is 0.350. The van der Waals surface area contributed by atoms with Crippen molar-refractivity contribution in [3.8, 4) is 28.5 Å². The lowest BCUT2D eigenvalue weighted by atomic mass is 9.95. The molecule has 1 atom stereocenters. The Kier molecular flexibility index (Phi) is 6.28. The van der Waals surface area contributed by atoms with Gasteiger partial charge in [0.05, 0.1) is 20.3 Å². The lowest BCUT2D eigenvalue weighted by Gasteiger charge is -2.27. The summed E-state index contributed by atoms with van der Waals surface area (Å²) in [6, 6.07) is 15.7. The molecule has 0 fully saturated rings. The monoisotopic (exact) mass is 507 g/mol. The average Bonchev–Trinajstić information content (AvgIpc) is 3.43. The molecule has 9 heteroatoms. The number of benzene rings is 3. The number of ether oxygens (including phenoxy) is 2. The first-order valence-corrected chi connectivity index (χ1v) is 11.6. The van der Waals surface area contributed by atoms with Crippen LogP contribution < -0.4 is 9.47 Å². The minimum Gasteiger partial charge on any atom is -0.507 e. The summed E-state index contributed by atoms with van der Waals surface area (Å²) in [4.78, 5) is 15.1. The molecule has 2 heterocycles. The number of amides is 1. The van der Waals surface area contributed by atoms with Gasteiger partial charge in [-0.15, -0.1) is 0 Å². The Morgan fingerprint density at radius 2 is 1.86 bits per heavy atom. The zero-order valence-electron chi connectivity index (χ0n) is 19.6. The molecule has 184 valence electrons. The second-order valence-electron chi connectivity index (χ2n) is 8.38. The number of hydrogen-bond acceptors (Lipinski definition) is 5. The van der Waals surface area contributed by atoms with Crippen molar-refractivity contribution in [1.29, 1.82) is 0 Å². The Balaban J connectivity index is 1.57. The van der Waals surface area contributed by atoms with E-state index in [1.165, 1.54) is 12.1 Å². The van der Waals surface area contributed by atoms with Crippen LogP contribution in [0.2, 0.25) is 5.02 Å². The predicted octanol–water partition coefficient (Wildman–Crippen LogP) is 5.38. The number of carbonyl (C=O) groups is 1. The number of phenols is 1. The number of rotatable bonds is 7. The minimum atomic E-state index is -0.749. The molecule has 1 unspecified atom stereocenters. The van der Waals surface area contributed by atoms with Crippen molar-refractivity contribution in [2.24, 2.45) is 0 Å². The summed E-state index contributed by atoms with van der Waals surface area (Å²) in [6.07, 6.45) is 0.493. The van der Waals surface area contributed by atoms with Gasteiger partial charge < -0.3 is 19.5 Å². The molecule has 0 saturated carbocycles. The fourth-order valence-electron chi connectivity index (χ4n) is 4.64. The number of H-pyrrole nitrogens is 1. The van der Waals surface area contributed by atoms with Gasteiger partial charge in [-0.25, -0.2) is 4.39 Å². The predicted molar refractivity (Wildman–Crippen MR) is 133 cm³/mol. The Morgan fingerprint density at radius 3 is 2.61 bits per heavy atom. The topological polar surface area (TPSA) is 87.7 Å². The van der Waals surface area contributed by atoms with Gasteiger partial charge in [0.2, 0.25) is 0 Å². The molecular formula is C27H23ClFN3O4. The molecule has 1 aliphatic heterocycles. The highest BCUT2D eigenvalue weighted by Crippen LogP contribution is 2.45. The zero-order valence-corrected chi connectivity index (χ0v) is 20.3. The van der Waals surface area contributed by atoms with Gasteiger partial charge in [0.1, 0.15) is 23.0 Å². The van der Waals surface area contributed by atoms with Crippen LogP contribution in [0.3, 0.4) is 0 Å². The maximum atomic E-state index is 15.1. The number of phenolic OH excluding ortho intramolecular Hbond substituents is 1. The van der Waals surface area contributed by atoms with Crippen molar-refractivity contribution in [2.45, 2.75) is 12.5 Å². The van der Waals surface area contributed by atoms with Crippen molar-refractivity contribution in [3.05, 3.63) is 93.9 Å². The second kappa shape index (κ2) is 9.54. The smallest absolute Gasteiger partial charge is 0.273 e. The molecule has 0 aliphatic carbocycles. The van der Waals surface area contributed by atoms with Crippen molar-refractivity contribution in [3.63, 3.8) is 0 Å². The van der Waals surface area contributed by atoms with Crippen molar-refractivity contribution < 1.29 is 23.8 Å². The molecule has 1 aromatic heterocycles. The average molecular weight is 508 g/mol. The highest BCUT2D eigenvalue weighted by molar-refractivity contribution is 6.31. The van der Waals surface area contributed by atoms with Crippen LogP contribution in [0, 0.1) is 5.82 Å². The number of halogens is 2. The van der Waals surface area contributed by atoms with Gasteiger partial charge in [0.15, 0.2) is 11.5 Å². The first kappa shape index (κ1) is 23.7. The molecule has 1 amide bonds. The number of hydrogen-bond donors (Lipinski definition) is 2. The number of aromatic nitrogens is 2. The highest BCUT2D eigenvalue weighted by Gasteiger charge is 2.43. The summed E-state index contributed by atoms with van der Waals surface area (Å²) < 4.78 is 25.8. The Hall–Kier alpha value is -4.04. The van der Waals surface area contributed by atoms with E-state index in [0.29, 0.717) is 51.9 Å². The fourth-order valence-corrected chi connectivity index (χ4v) is 4.81. The van der Waals surface area contributed by atoms with E-state index in [0.717, 1.165) is 5.56 Å². The van der Waals surface area contributed by atoms with Gasteiger partial charge in [-0.2, -0.15) is 5.10 Å². The molecule has 3 aromatic carbocycles. The van der Waals surface area contributed by atoms with E-state index in [9.17, 15) is 9.90 Å². The molecule has 4 aromatic rings. The number of nitrogens with one attached hydrogen (secondary N) is 1. The second-order valence-corrected chi connectivity index (χ2v) is 8.82. The third kappa shape index (κ3) is 4.03. The van der Waals surface area contributed by atoms with E-state index >= 15 is 4.39 Å². The number of aromatic amines is 1. The number of fused-ring (bicyclic) bond motifs is 1. The third-order valence-electron chi connectivity index (χ3n) is 6.37. The van der Waals surface area contributed by atoms with Crippen LogP contribution in [0.1, 0.15) is 33.2 Å². The maximum Gasteiger partial charge on any atom is 0.273 e. The molecule has 0 bridgehead atoms. The van der Waals surface area contributed by atoms with E-state index in [1.807, 2.05) is 12.1 Å². The first-order valence-electron chi connectivity index (χ1n) is 11.3. The molecule has 1 aliphatic rings. The molecule has 0 spiro atoms. The summed E-state index contributed by atoms with van der Waals surface area (Å²) in [6.45, 7) is 0.302. The molecule has 2 N–H and O–H groups in total. The van der Waals surface area contributed by atoms with Crippen LogP contribution in [-0.4, -0.2) is 46.9 Å². The van der Waals surface area contributed by atoms with Crippen LogP contribution >= 0.6 is 11.6 Å². The largest absolute Gasteiger partial charge is 0.507 e. The van der Waals surface area contributed by atoms with Crippen LogP contribution in [-0.2, 0) is 6.42 Å². The standard InChI is InChI=1S/C27H23ClFN3O4/c1-35-21-10-7-15(13-22(21)36-2)11-12-32-26(17-5-3-4-6-19(17)29)23-24(30-31-25(23)27(32)34)18-14-16(28)8-9-20(18)33/h3-10,13-14,26,33H,11-12H2,1-2H3,(H,30,31). The normalized spacial score (nSPS) is 14.7. The minimum absolute atomic E-state index is 0.0442. The first-order chi connectivity index (χ1) is 17.4. The zero-order chi connectivity index (χ0) is 25.4. The summed E-state index contributed by atoms with van der Waals surface area (Å²) in [5, 5.41) is 18.0. The highest BCUT2D eigenvalue weighted by atomic mass is 35.5. The Labute approximate surface area is 212 Å². The number of methoxy groups -OCH3 is 2. The number of aromatic hydroxyl groups is 1. The Bertz CT molecular complexity index is 1450.